The van der Waals surface area contributed by atoms with Crippen molar-refractivity contribution < 1.29 is 4.74 Å². The van der Waals surface area contributed by atoms with Gasteiger partial charge in [-0.05, 0) is 24.7 Å². The van der Waals surface area contributed by atoms with E-state index in [4.69, 9.17) is 16.3 Å². The molecule has 1 aromatic carbocycles. The lowest BCUT2D eigenvalue weighted by atomic mass is 10.0. The summed E-state index contributed by atoms with van der Waals surface area (Å²) in [5.41, 5.74) is 1.16. The van der Waals surface area contributed by atoms with E-state index < -0.39 is 0 Å². The molecule has 16 heavy (non-hydrogen) atoms. The van der Waals surface area contributed by atoms with Crippen molar-refractivity contribution >= 4 is 11.6 Å². The van der Waals surface area contributed by atoms with E-state index in [9.17, 15) is 0 Å². The van der Waals surface area contributed by atoms with Gasteiger partial charge in [-0.1, -0.05) is 17.7 Å². The van der Waals surface area contributed by atoms with Crippen LogP contribution in [0.3, 0.4) is 0 Å². The topological polar surface area (TPSA) is 24.5 Å². The number of hydrogen-bond donors (Lipinski definition) is 1. The average Bonchev–Trinajstić information content (AvgIpc) is 2.30. The quantitative estimate of drug-likeness (QED) is 0.855. The van der Waals surface area contributed by atoms with Crippen molar-refractivity contribution in [1.82, 2.24) is 10.2 Å². The van der Waals surface area contributed by atoms with Gasteiger partial charge >= 0.3 is 0 Å². The zero-order valence-electron chi connectivity index (χ0n) is 9.66. The van der Waals surface area contributed by atoms with Gasteiger partial charge in [0, 0.05) is 30.7 Å². The molecule has 3 nitrogen and oxygen atoms in total. The Morgan fingerprint density at radius 1 is 1.50 bits per heavy atom. The van der Waals surface area contributed by atoms with E-state index in [2.05, 4.69) is 23.3 Å². The molecule has 4 heteroatoms. The third-order valence-electron chi connectivity index (χ3n) is 3.08. The number of benzene rings is 1. The minimum absolute atomic E-state index is 0.354. The highest BCUT2D eigenvalue weighted by Gasteiger charge is 2.22. The third-order valence-corrected chi connectivity index (χ3v) is 3.40. The summed E-state index contributed by atoms with van der Waals surface area (Å²) in [7, 11) is 3.78. The monoisotopic (exact) mass is 240 g/mol. The fourth-order valence-corrected chi connectivity index (χ4v) is 2.35. The van der Waals surface area contributed by atoms with E-state index in [1.54, 1.807) is 7.11 Å². The van der Waals surface area contributed by atoms with E-state index in [0.29, 0.717) is 6.04 Å². The summed E-state index contributed by atoms with van der Waals surface area (Å²) >= 11 is 6.27. The van der Waals surface area contributed by atoms with Gasteiger partial charge in [0.05, 0.1) is 7.11 Å². The van der Waals surface area contributed by atoms with Crippen molar-refractivity contribution in [2.75, 3.05) is 33.8 Å². The molecule has 1 N–H and O–H groups in total. The Bertz CT molecular complexity index is 370. The predicted molar refractivity (Wildman–Crippen MR) is 66.2 cm³/mol. The van der Waals surface area contributed by atoms with Gasteiger partial charge in [0.15, 0.2) is 0 Å². The molecule has 1 fully saturated rings. The minimum Gasteiger partial charge on any atom is -0.497 e. The van der Waals surface area contributed by atoms with Gasteiger partial charge < -0.3 is 10.1 Å². The zero-order valence-corrected chi connectivity index (χ0v) is 10.4. The molecule has 1 heterocycles. The Balaban J connectivity index is 2.25. The second-order valence-corrected chi connectivity index (χ2v) is 4.50. The van der Waals surface area contributed by atoms with Crippen LogP contribution in [0.1, 0.15) is 11.6 Å². The molecule has 1 unspecified atom stereocenters. The van der Waals surface area contributed by atoms with Crippen LogP contribution >= 0.6 is 11.6 Å². The van der Waals surface area contributed by atoms with Crippen molar-refractivity contribution in [3.63, 3.8) is 0 Å². The Kier molecular flexibility index (Phi) is 3.69. The largest absolute Gasteiger partial charge is 0.497 e. The van der Waals surface area contributed by atoms with Crippen LogP contribution in [-0.2, 0) is 0 Å². The normalized spacial score (nSPS) is 22.1. The van der Waals surface area contributed by atoms with Gasteiger partial charge in [0.2, 0.25) is 0 Å². The Labute approximate surface area is 101 Å². The second-order valence-electron chi connectivity index (χ2n) is 4.09. The highest BCUT2D eigenvalue weighted by Crippen LogP contribution is 2.30. The molecule has 1 atom stereocenters. The van der Waals surface area contributed by atoms with Gasteiger partial charge in [0.25, 0.3) is 0 Å². The number of likely N-dealkylation sites (N-methyl/N-ethyl adjacent to an activating group) is 1. The maximum Gasteiger partial charge on any atom is 0.120 e. The summed E-state index contributed by atoms with van der Waals surface area (Å²) in [5.74, 6) is 0.806. The van der Waals surface area contributed by atoms with Crippen LogP contribution in [0.2, 0.25) is 5.02 Å². The molecule has 0 aromatic heterocycles. The maximum absolute atomic E-state index is 6.27. The Morgan fingerprint density at radius 2 is 2.31 bits per heavy atom. The van der Waals surface area contributed by atoms with Crippen molar-refractivity contribution in [3.05, 3.63) is 28.8 Å². The first-order chi connectivity index (χ1) is 7.72. The first kappa shape index (κ1) is 11.7. The first-order valence-corrected chi connectivity index (χ1v) is 5.84. The number of ether oxygens (including phenoxy) is 1. The van der Waals surface area contributed by atoms with Crippen molar-refractivity contribution in [3.8, 4) is 5.75 Å². The highest BCUT2D eigenvalue weighted by atomic mass is 35.5. The van der Waals surface area contributed by atoms with E-state index in [0.717, 1.165) is 36.0 Å². The van der Waals surface area contributed by atoms with Gasteiger partial charge in [-0.15, -0.1) is 0 Å². The molecule has 0 spiro atoms. The minimum atomic E-state index is 0.354. The van der Waals surface area contributed by atoms with Crippen LogP contribution in [0.4, 0.5) is 0 Å². The summed E-state index contributed by atoms with van der Waals surface area (Å²) in [5, 5.41) is 4.17. The molecule has 2 rings (SSSR count). The molecule has 0 radical (unpaired) electrons. The zero-order chi connectivity index (χ0) is 11.5. The SMILES string of the molecule is COc1ccc(C2CNCCN2C)c(Cl)c1. The molecule has 0 bridgehead atoms. The lowest BCUT2D eigenvalue weighted by molar-refractivity contribution is 0.202. The lowest BCUT2D eigenvalue weighted by Crippen LogP contribution is -2.43. The number of hydrogen-bond acceptors (Lipinski definition) is 3. The number of methoxy groups -OCH3 is 1. The van der Waals surface area contributed by atoms with Crippen LogP contribution < -0.4 is 10.1 Å². The van der Waals surface area contributed by atoms with Crippen molar-refractivity contribution in [2.45, 2.75) is 6.04 Å². The molecule has 1 aliphatic rings. The molecular weight excluding hydrogens is 224 g/mol. The van der Waals surface area contributed by atoms with Gasteiger partial charge in [0.1, 0.15) is 5.75 Å². The smallest absolute Gasteiger partial charge is 0.120 e. The number of rotatable bonds is 2. The summed E-state index contributed by atoms with van der Waals surface area (Å²) in [4.78, 5) is 2.32. The number of piperazine rings is 1. The van der Waals surface area contributed by atoms with Crippen LogP contribution in [-0.4, -0.2) is 38.7 Å². The van der Waals surface area contributed by atoms with Gasteiger partial charge in [-0.3, -0.25) is 4.90 Å². The molecule has 1 aromatic rings. The number of nitrogens with zero attached hydrogens (tertiary/aromatic N) is 1. The van der Waals surface area contributed by atoms with Crippen LogP contribution in [0.25, 0.3) is 0 Å². The first-order valence-electron chi connectivity index (χ1n) is 5.47. The van der Waals surface area contributed by atoms with E-state index in [-0.39, 0.29) is 0 Å². The van der Waals surface area contributed by atoms with Crippen LogP contribution in [0.5, 0.6) is 5.75 Å². The van der Waals surface area contributed by atoms with Crippen molar-refractivity contribution in [1.29, 1.82) is 0 Å². The van der Waals surface area contributed by atoms with Gasteiger partial charge in [-0.2, -0.15) is 0 Å². The number of nitrogens with one attached hydrogen (secondary N) is 1. The fraction of sp³-hybridized carbons (Fsp3) is 0.500. The predicted octanol–water partition coefficient (Wildman–Crippen LogP) is 1.92. The fourth-order valence-electron chi connectivity index (χ4n) is 2.06. The van der Waals surface area contributed by atoms with Crippen LogP contribution in [0.15, 0.2) is 18.2 Å². The highest BCUT2D eigenvalue weighted by molar-refractivity contribution is 6.31. The molecule has 0 amide bonds. The van der Waals surface area contributed by atoms with E-state index in [1.165, 1.54) is 0 Å². The standard InChI is InChI=1S/C12H17ClN2O/c1-15-6-5-14-8-12(15)10-4-3-9(16-2)7-11(10)13/h3-4,7,12,14H,5-6,8H2,1-2H3. The molecule has 0 saturated carbocycles. The van der Waals surface area contributed by atoms with E-state index >= 15 is 0 Å². The Morgan fingerprint density at radius 3 is 2.94 bits per heavy atom. The third kappa shape index (κ3) is 2.32. The van der Waals surface area contributed by atoms with Gasteiger partial charge in [-0.25, -0.2) is 0 Å². The summed E-state index contributed by atoms with van der Waals surface area (Å²) in [6.07, 6.45) is 0. The number of halogens is 1. The summed E-state index contributed by atoms with van der Waals surface area (Å²) in [6, 6.07) is 6.24. The summed E-state index contributed by atoms with van der Waals surface area (Å²) in [6.45, 7) is 3.04. The maximum atomic E-state index is 6.27. The lowest BCUT2D eigenvalue weighted by Gasteiger charge is -2.33. The molecule has 0 aliphatic carbocycles. The average molecular weight is 241 g/mol. The molecule has 1 saturated heterocycles. The second kappa shape index (κ2) is 5.04. The van der Waals surface area contributed by atoms with Crippen LogP contribution in [0, 0.1) is 0 Å². The molecular formula is C12H17ClN2O. The molecule has 1 aliphatic heterocycles. The van der Waals surface area contributed by atoms with Crippen molar-refractivity contribution in [2.24, 2.45) is 0 Å². The van der Waals surface area contributed by atoms with E-state index in [1.807, 2.05) is 12.1 Å². The Hall–Kier alpha value is -0.770. The molecule has 88 valence electrons. The summed E-state index contributed by atoms with van der Waals surface area (Å²) < 4.78 is 5.15.